The number of thiophene rings is 1. The lowest BCUT2D eigenvalue weighted by Gasteiger charge is -2.19. The van der Waals surface area contributed by atoms with Gasteiger partial charge in [0.25, 0.3) is 11.6 Å². The van der Waals surface area contributed by atoms with Crippen molar-refractivity contribution >= 4 is 39.0 Å². The summed E-state index contributed by atoms with van der Waals surface area (Å²) in [7, 11) is 0. The van der Waals surface area contributed by atoms with E-state index in [9.17, 15) is 19.7 Å². The van der Waals surface area contributed by atoms with E-state index in [2.05, 4.69) is 0 Å². The highest BCUT2D eigenvalue weighted by Crippen LogP contribution is 2.29. The van der Waals surface area contributed by atoms with Crippen LogP contribution in [-0.4, -0.2) is 41.4 Å². The molecule has 0 bridgehead atoms. The number of hydrogen-bond acceptors (Lipinski definition) is 6. The molecule has 7 nitrogen and oxygen atoms in total. The van der Waals surface area contributed by atoms with Crippen LogP contribution in [0, 0.1) is 10.1 Å². The number of ether oxygens (including phenoxy) is 1. The molecular weight excluding hydrogens is 344 g/mol. The van der Waals surface area contributed by atoms with Gasteiger partial charge in [-0.3, -0.25) is 14.9 Å². The lowest BCUT2D eigenvalue weighted by Crippen LogP contribution is -2.35. The van der Waals surface area contributed by atoms with Crippen LogP contribution in [0.25, 0.3) is 10.1 Å². The molecule has 1 saturated heterocycles. The Hall–Kier alpha value is -2.48. The van der Waals surface area contributed by atoms with Crippen LogP contribution >= 0.6 is 11.3 Å². The van der Waals surface area contributed by atoms with E-state index in [1.807, 2.05) is 0 Å². The van der Waals surface area contributed by atoms with E-state index in [0.29, 0.717) is 23.4 Å². The van der Waals surface area contributed by atoms with E-state index >= 15 is 0 Å². The number of benzene rings is 1. The number of likely N-dealkylation sites (tertiary alicyclic amines) is 1. The Morgan fingerprint density at radius 2 is 1.88 bits per heavy atom. The zero-order valence-corrected chi connectivity index (χ0v) is 14.4. The molecule has 1 aromatic carbocycles. The summed E-state index contributed by atoms with van der Waals surface area (Å²) in [6.07, 6.45) is 4.21. The first-order valence-corrected chi connectivity index (χ1v) is 8.99. The van der Waals surface area contributed by atoms with Gasteiger partial charge in [-0.1, -0.05) is 12.8 Å². The maximum absolute atomic E-state index is 12.2. The minimum Gasteiger partial charge on any atom is -0.451 e. The molecule has 0 N–H and O–H groups in total. The third-order valence-electron chi connectivity index (χ3n) is 4.20. The number of carbonyl (C=O) groups excluding carboxylic acids is 2. The average Bonchev–Trinajstić information content (AvgIpc) is 2.84. The largest absolute Gasteiger partial charge is 0.451 e. The maximum atomic E-state index is 12.2. The molecule has 2 aromatic rings. The van der Waals surface area contributed by atoms with Crippen molar-refractivity contribution in [2.45, 2.75) is 25.7 Å². The van der Waals surface area contributed by atoms with Gasteiger partial charge in [-0.25, -0.2) is 4.79 Å². The zero-order chi connectivity index (χ0) is 17.8. The van der Waals surface area contributed by atoms with Gasteiger partial charge in [0, 0.05) is 35.3 Å². The number of nitrogens with zero attached hydrogens (tertiary/aromatic N) is 2. The Morgan fingerprint density at radius 3 is 2.56 bits per heavy atom. The molecule has 8 heteroatoms. The van der Waals surface area contributed by atoms with Crippen LogP contribution in [0.1, 0.15) is 35.4 Å². The van der Waals surface area contributed by atoms with E-state index in [0.717, 1.165) is 30.4 Å². The van der Waals surface area contributed by atoms with Crippen LogP contribution in [-0.2, 0) is 9.53 Å². The number of carbonyl (C=O) groups is 2. The van der Waals surface area contributed by atoms with Crippen molar-refractivity contribution in [2.24, 2.45) is 0 Å². The summed E-state index contributed by atoms with van der Waals surface area (Å²) in [5.74, 6) is -0.751. The standard InChI is InChI=1S/C17H18N2O5S/c20-16(18-7-3-1-2-4-8-18)11-24-17(21)15-10-12-9-13(19(22)23)5-6-14(12)25-15/h5-6,9-10H,1-4,7-8,11H2. The number of amides is 1. The van der Waals surface area contributed by atoms with Crippen LogP contribution in [0.2, 0.25) is 0 Å². The molecule has 132 valence electrons. The van der Waals surface area contributed by atoms with Gasteiger partial charge in [-0.2, -0.15) is 0 Å². The first kappa shape index (κ1) is 17.3. The second-order valence-corrected chi connectivity index (χ2v) is 7.04. The fourth-order valence-electron chi connectivity index (χ4n) is 2.85. The Balaban J connectivity index is 1.63. The summed E-state index contributed by atoms with van der Waals surface area (Å²) >= 11 is 1.19. The van der Waals surface area contributed by atoms with Crippen molar-refractivity contribution < 1.29 is 19.2 Å². The quantitative estimate of drug-likeness (QED) is 0.472. The molecule has 2 heterocycles. The van der Waals surface area contributed by atoms with Gasteiger partial charge in [0.15, 0.2) is 6.61 Å². The van der Waals surface area contributed by atoms with Gasteiger partial charge in [0.05, 0.1) is 4.92 Å². The molecule has 0 saturated carbocycles. The van der Waals surface area contributed by atoms with Crippen molar-refractivity contribution in [3.05, 3.63) is 39.3 Å². The van der Waals surface area contributed by atoms with Gasteiger partial charge in [0.1, 0.15) is 4.88 Å². The minimum absolute atomic E-state index is 0.0263. The number of non-ortho nitro benzene ring substituents is 1. The van der Waals surface area contributed by atoms with Crippen LogP contribution < -0.4 is 0 Å². The van der Waals surface area contributed by atoms with Crippen molar-refractivity contribution in [1.29, 1.82) is 0 Å². The number of nitro benzene ring substituents is 1. The highest BCUT2D eigenvalue weighted by Gasteiger charge is 2.19. The van der Waals surface area contributed by atoms with Crippen molar-refractivity contribution in [3.8, 4) is 0 Å². The molecule has 0 radical (unpaired) electrons. The number of fused-ring (bicyclic) bond motifs is 1. The second-order valence-electron chi connectivity index (χ2n) is 5.96. The molecule has 1 aromatic heterocycles. The van der Waals surface area contributed by atoms with Gasteiger partial charge in [-0.15, -0.1) is 11.3 Å². The fourth-order valence-corrected chi connectivity index (χ4v) is 3.79. The molecule has 0 aliphatic carbocycles. The van der Waals surface area contributed by atoms with Crippen LogP contribution in [0.3, 0.4) is 0 Å². The van der Waals surface area contributed by atoms with Crippen molar-refractivity contribution in [1.82, 2.24) is 4.90 Å². The molecule has 0 unspecified atom stereocenters. The summed E-state index contributed by atoms with van der Waals surface area (Å²) in [6, 6.07) is 5.99. The summed E-state index contributed by atoms with van der Waals surface area (Å²) < 4.78 is 5.90. The Labute approximate surface area is 148 Å². The van der Waals surface area contributed by atoms with Crippen LogP contribution in [0.4, 0.5) is 5.69 Å². The molecule has 25 heavy (non-hydrogen) atoms. The monoisotopic (exact) mass is 362 g/mol. The minimum atomic E-state index is -0.577. The second kappa shape index (κ2) is 7.60. The van der Waals surface area contributed by atoms with E-state index in [1.54, 1.807) is 17.0 Å². The number of esters is 1. The molecule has 0 spiro atoms. The summed E-state index contributed by atoms with van der Waals surface area (Å²) in [5, 5.41) is 11.4. The molecule has 1 aliphatic heterocycles. The van der Waals surface area contributed by atoms with Gasteiger partial charge >= 0.3 is 5.97 Å². The van der Waals surface area contributed by atoms with Gasteiger partial charge < -0.3 is 9.64 Å². The van der Waals surface area contributed by atoms with Gasteiger partial charge in [0.2, 0.25) is 0 Å². The molecule has 3 rings (SSSR count). The predicted molar refractivity (Wildman–Crippen MR) is 93.8 cm³/mol. The Morgan fingerprint density at radius 1 is 1.16 bits per heavy atom. The third-order valence-corrected chi connectivity index (χ3v) is 5.29. The highest BCUT2D eigenvalue weighted by molar-refractivity contribution is 7.20. The van der Waals surface area contributed by atoms with E-state index in [1.165, 1.54) is 23.5 Å². The molecular formula is C17H18N2O5S. The first-order valence-electron chi connectivity index (χ1n) is 8.17. The molecule has 1 fully saturated rings. The maximum Gasteiger partial charge on any atom is 0.348 e. The zero-order valence-electron chi connectivity index (χ0n) is 13.6. The Kier molecular flexibility index (Phi) is 5.28. The summed E-state index contributed by atoms with van der Waals surface area (Å²) in [4.78, 5) is 36.7. The third kappa shape index (κ3) is 4.14. The van der Waals surface area contributed by atoms with Crippen molar-refractivity contribution in [3.63, 3.8) is 0 Å². The SMILES string of the molecule is O=C(OCC(=O)N1CCCCCC1)c1cc2cc([N+](=O)[O-])ccc2s1. The van der Waals surface area contributed by atoms with E-state index < -0.39 is 10.9 Å². The number of rotatable bonds is 4. The summed E-state index contributed by atoms with van der Waals surface area (Å²) in [6.45, 7) is 1.15. The van der Waals surface area contributed by atoms with E-state index in [-0.39, 0.29) is 18.2 Å². The predicted octanol–water partition coefficient (Wildman–Crippen LogP) is 3.37. The summed E-state index contributed by atoms with van der Waals surface area (Å²) in [5.41, 5.74) is -0.0263. The van der Waals surface area contributed by atoms with Crippen molar-refractivity contribution in [2.75, 3.05) is 19.7 Å². The highest BCUT2D eigenvalue weighted by atomic mass is 32.1. The molecule has 1 aliphatic rings. The Bertz CT molecular complexity index is 808. The number of nitro groups is 1. The van der Waals surface area contributed by atoms with E-state index in [4.69, 9.17) is 4.74 Å². The average molecular weight is 362 g/mol. The smallest absolute Gasteiger partial charge is 0.348 e. The number of hydrogen-bond donors (Lipinski definition) is 0. The lowest BCUT2D eigenvalue weighted by molar-refractivity contribution is -0.384. The van der Waals surface area contributed by atoms with Crippen LogP contribution in [0.15, 0.2) is 24.3 Å². The normalized spacial score (nSPS) is 15.0. The topological polar surface area (TPSA) is 89.8 Å². The fraction of sp³-hybridized carbons (Fsp3) is 0.412. The lowest BCUT2D eigenvalue weighted by atomic mass is 10.2. The van der Waals surface area contributed by atoms with Gasteiger partial charge in [-0.05, 0) is 25.0 Å². The first-order chi connectivity index (χ1) is 12.0. The van der Waals surface area contributed by atoms with Crippen LogP contribution in [0.5, 0.6) is 0 Å². The molecule has 1 amide bonds. The molecule has 0 atom stereocenters.